The van der Waals surface area contributed by atoms with E-state index in [0.717, 1.165) is 41.3 Å². The number of benzene rings is 1. The third-order valence-electron chi connectivity index (χ3n) is 5.12. The highest BCUT2D eigenvalue weighted by Gasteiger charge is 2.40. The standard InChI is InChI=1S/C18H21ClN4O3S/c1-26-9-8-22-16(24)11-23(18(22)25)13-4-6-21(7-5-13)17-20-14-3-2-12(19)10-15(14)27-17/h2-3,10,13H,4-9,11H2,1H3. The molecule has 1 aromatic carbocycles. The van der Waals surface area contributed by atoms with E-state index in [4.69, 9.17) is 21.3 Å². The summed E-state index contributed by atoms with van der Waals surface area (Å²) < 4.78 is 6.07. The fourth-order valence-corrected chi connectivity index (χ4v) is 4.93. The molecule has 4 rings (SSSR count). The number of thiazole rings is 1. The number of imide groups is 1. The number of hydrogen-bond acceptors (Lipinski definition) is 6. The molecule has 2 fully saturated rings. The minimum atomic E-state index is -0.190. The predicted octanol–water partition coefficient (Wildman–Crippen LogP) is 2.83. The minimum Gasteiger partial charge on any atom is -0.383 e. The van der Waals surface area contributed by atoms with E-state index in [-0.39, 0.29) is 24.5 Å². The lowest BCUT2D eigenvalue weighted by Crippen LogP contribution is -2.46. The van der Waals surface area contributed by atoms with Gasteiger partial charge in [0.2, 0.25) is 5.91 Å². The molecule has 2 aliphatic heterocycles. The lowest BCUT2D eigenvalue weighted by atomic mass is 10.0. The number of anilines is 1. The van der Waals surface area contributed by atoms with Gasteiger partial charge in [-0.25, -0.2) is 9.78 Å². The van der Waals surface area contributed by atoms with E-state index in [1.54, 1.807) is 23.3 Å². The average Bonchev–Trinajstić information content (AvgIpc) is 3.21. The number of aromatic nitrogens is 1. The maximum atomic E-state index is 12.6. The van der Waals surface area contributed by atoms with E-state index >= 15 is 0 Å². The molecule has 0 unspecified atom stereocenters. The second-order valence-corrected chi connectivity index (χ2v) is 8.22. The monoisotopic (exact) mass is 408 g/mol. The maximum Gasteiger partial charge on any atom is 0.327 e. The summed E-state index contributed by atoms with van der Waals surface area (Å²) in [6, 6.07) is 5.63. The molecule has 3 amide bonds. The predicted molar refractivity (Wildman–Crippen MR) is 106 cm³/mol. The van der Waals surface area contributed by atoms with E-state index in [2.05, 4.69) is 4.90 Å². The highest BCUT2D eigenvalue weighted by Crippen LogP contribution is 2.33. The number of hydrogen-bond donors (Lipinski definition) is 0. The summed E-state index contributed by atoms with van der Waals surface area (Å²) in [5, 5.41) is 1.70. The van der Waals surface area contributed by atoms with Gasteiger partial charge in [0.25, 0.3) is 0 Å². The molecule has 1 aromatic heterocycles. The number of rotatable bonds is 5. The van der Waals surface area contributed by atoms with Gasteiger partial charge in [0, 0.05) is 31.3 Å². The van der Waals surface area contributed by atoms with E-state index in [1.807, 2.05) is 18.2 Å². The van der Waals surface area contributed by atoms with Gasteiger partial charge >= 0.3 is 6.03 Å². The highest BCUT2D eigenvalue weighted by atomic mass is 35.5. The highest BCUT2D eigenvalue weighted by molar-refractivity contribution is 7.22. The Morgan fingerprint density at radius 2 is 2.07 bits per heavy atom. The molecule has 9 heteroatoms. The van der Waals surface area contributed by atoms with Crippen molar-refractivity contribution in [2.24, 2.45) is 0 Å². The van der Waals surface area contributed by atoms with Crippen molar-refractivity contribution in [3.8, 4) is 0 Å². The first kappa shape index (κ1) is 18.5. The number of halogens is 1. The van der Waals surface area contributed by atoms with Crippen LogP contribution in [0.2, 0.25) is 5.02 Å². The molecule has 0 saturated carbocycles. The third-order valence-corrected chi connectivity index (χ3v) is 6.43. The van der Waals surface area contributed by atoms with Gasteiger partial charge in [-0.2, -0.15) is 0 Å². The van der Waals surface area contributed by atoms with Gasteiger partial charge in [-0.1, -0.05) is 22.9 Å². The topological polar surface area (TPSA) is 66.0 Å². The van der Waals surface area contributed by atoms with Gasteiger partial charge < -0.3 is 14.5 Å². The summed E-state index contributed by atoms with van der Waals surface area (Å²) in [4.78, 5) is 34.7. The zero-order valence-corrected chi connectivity index (χ0v) is 16.6. The molecule has 2 aromatic rings. The van der Waals surface area contributed by atoms with Gasteiger partial charge in [0.05, 0.1) is 23.4 Å². The Hall–Kier alpha value is -1.90. The Balaban J connectivity index is 1.40. The molecule has 0 aliphatic carbocycles. The van der Waals surface area contributed by atoms with Crippen LogP contribution in [0.25, 0.3) is 10.2 Å². The smallest absolute Gasteiger partial charge is 0.327 e. The summed E-state index contributed by atoms with van der Waals surface area (Å²) in [6.45, 7) is 2.48. The van der Waals surface area contributed by atoms with E-state index in [9.17, 15) is 9.59 Å². The van der Waals surface area contributed by atoms with Gasteiger partial charge in [0.15, 0.2) is 5.13 Å². The van der Waals surface area contributed by atoms with Gasteiger partial charge in [0.1, 0.15) is 6.54 Å². The van der Waals surface area contributed by atoms with Crippen LogP contribution in [0.15, 0.2) is 18.2 Å². The molecule has 0 N–H and O–H groups in total. The number of urea groups is 1. The number of amides is 3. The summed E-state index contributed by atoms with van der Waals surface area (Å²) in [7, 11) is 1.56. The molecule has 2 saturated heterocycles. The zero-order chi connectivity index (χ0) is 19.0. The van der Waals surface area contributed by atoms with Crippen LogP contribution in [0.4, 0.5) is 9.93 Å². The number of carbonyl (C=O) groups excluding carboxylic acids is 2. The van der Waals surface area contributed by atoms with E-state index < -0.39 is 0 Å². The number of methoxy groups -OCH3 is 1. The second kappa shape index (κ2) is 7.61. The molecular formula is C18H21ClN4O3S. The molecule has 27 heavy (non-hydrogen) atoms. The lowest BCUT2D eigenvalue weighted by Gasteiger charge is -2.36. The zero-order valence-electron chi connectivity index (χ0n) is 15.1. The third kappa shape index (κ3) is 3.61. The average molecular weight is 409 g/mol. The van der Waals surface area contributed by atoms with Crippen LogP contribution >= 0.6 is 22.9 Å². The normalized spacial score (nSPS) is 19.0. The molecular weight excluding hydrogens is 388 g/mol. The van der Waals surface area contributed by atoms with E-state index in [1.165, 1.54) is 4.90 Å². The van der Waals surface area contributed by atoms with Crippen LogP contribution in [0.1, 0.15) is 12.8 Å². The Bertz CT molecular complexity index is 865. The molecule has 0 atom stereocenters. The van der Waals surface area contributed by atoms with Crippen molar-refractivity contribution in [1.82, 2.24) is 14.8 Å². The first-order valence-corrected chi connectivity index (χ1v) is 10.2. The minimum absolute atomic E-state index is 0.0917. The quantitative estimate of drug-likeness (QED) is 0.712. The fourth-order valence-electron chi connectivity index (χ4n) is 3.64. The number of nitrogens with zero attached hydrogens (tertiary/aromatic N) is 4. The number of fused-ring (bicyclic) bond motifs is 1. The van der Waals surface area contributed by atoms with Gasteiger partial charge in [-0.15, -0.1) is 0 Å². The SMILES string of the molecule is COCCN1C(=O)CN(C2CCN(c3nc4ccc(Cl)cc4s3)CC2)C1=O. The van der Waals surface area contributed by atoms with Gasteiger partial charge in [-0.3, -0.25) is 9.69 Å². The van der Waals surface area contributed by atoms with Crippen molar-refractivity contribution in [3.05, 3.63) is 23.2 Å². The van der Waals surface area contributed by atoms with Crippen LogP contribution in [0, 0.1) is 0 Å². The number of ether oxygens (including phenoxy) is 1. The summed E-state index contributed by atoms with van der Waals surface area (Å²) in [5.74, 6) is -0.137. The van der Waals surface area contributed by atoms with Gasteiger partial charge in [-0.05, 0) is 31.0 Å². The van der Waals surface area contributed by atoms with Crippen molar-refractivity contribution < 1.29 is 14.3 Å². The molecule has 0 bridgehead atoms. The Labute approximate surface area is 166 Å². The van der Waals surface area contributed by atoms with Crippen molar-refractivity contribution in [1.29, 1.82) is 0 Å². The fraction of sp³-hybridized carbons (Fsp3) is 0.500. The first-order valence-electron chi connectivity index (χ1n) is 8.98. The molecule has 144 valence electrons. The molecule has 0 spiro atoms. The first-order chi connectivity index (χ1) is 13.1. The largest absolute Gasteiger partial charge is 0.383 e. The van der Waals surface area contributed by atoms with Crippen molar-refractivity contribution in [2.75, 3.05) is 44.8 Å². The molecule has 2 aliphatic rings. The number of piperidine rings is 1. The van der Waals surface area contributed by atoms with Crippen LogP contribution < -0.4 is 4.90 Å². The Kier molecular flexibility index (Phi) is 5.21. The summed E-state index contributed by atoms with van der Waals surface area (Å²) >= 11 is 7.70. The number of carbonyl (C=O) groups is 2. The van der Waals surface area contributed by atoms with Crippen LogP contribution in [0.5, 0.6) is 0 Å². The molecule has 0 radical (unpaired) electrons. The Morgan fingerprint density at radius 3 is 2.81 bits per heavy atom. The summed E-state index contributed by atoms with van der Waals surface area (Å²) in [6.07, 6.45) is 1.65. The van der Waals surface area contributed by atoms with Crippen molar-refractivity contribution in [3.63, 3.8) is 0 Å². The molecule has 7 nitrogen and oxygen atoms in total. The maximum absolute atomic E-state index is 12.6. The van der Waals surface area contributed by atoms with Crippen LogP contribution in [-0.4, -0.2) is 72.7 Å². The van der Waals surface area contributed by atoms with Crippen LogP contribution in [-0.2, 0) is 9.53 Å². The van der Waals surface area contributed by atoms with Crippen molar-refractivity contribution >= 4 is 50.2 Å². The Morgan fingerprint density at radius 1 is 1.30 bits per heavy atom. The lowest BCUT2D eigenvalue weighted by molar-refractivity contribution is -0.125. The van der Waals surface area contributed by atoms with E-state index in [0.29, 0.717) is 18.2 Å². The second-order valence-electron chi connectivity index (χ2n) is 6.78. The summed E-state index contributed by atoms with van der Waals surface area (Å²) in [5.41, 5.74) is 0.954. The van der Waals surface area contributed by atoms with Crippen molar-refractivity contribution in [2.45, 2.75) is 18.9 Å². The van der Waals surface area contributed by atoms with Crippen LogP contribution in [0.3, 0.4) is 0 Å². The molecule has 3 heterocycles.